The minimum absolute atomic E-state index is 0.260. The van der Waals surface area contributed by atoms with Crippen LogP contribution in [0.1, 0.15) is 22.3 Å². The van der Waals surface area contributed by atoms with Gasteiger partial charge in [-0.25, -0.2) is 4.79 Å². The summed E-state index contributed by atoms with van der Waals surface area (Å²) in [5.41, 5.74) is 3.27. The van der Waals surface area contributed by atoms with Crippen LogP contribution in [0.5, 0.6) is 5.75 Å². The van der Waals surface area contributed by atoms with Crippen molar-refractivity contribution in [1.29, 1.82) is 0 Å². The third-order valence-corrected chi connectivity index (χ3v) is 4.13. The van der Waals surface area contributed by atoms with Gasteiger partial charge in [-0.2, -0.15) is 0 Å². The van der Waals surface area contributed by atoms with Crippen molar-refractivity contribution in [3.8, 4) is 16.9 Å². The number of fused-ring (bicyclic) bond motifs is 1. The summed E-state index contributed by atoms with van der Waals surface area (Å²) in [5, 5.41) is 9.21. The second-order valence-electron chi connectivity index (χ2n) is 4.75. The van der Waals surface area contributed by atoms with Gasteiger partial charge < -0.3 is 9.84 Å². The lowest BCUT2D eigenvalue weighted by atomic mass is 9.96. The Labute approximate surface area is 125 Å². The second kappa shape index (κ2) is 5.29. The molecule has 1 aliphatic rings. The topological polar surface area (TPSA) is 46.5 Å². The van der Waals surface area contributed by atoms with Gasteiger partial charge in [0.15, 0.2) is 0 Å². The summed E-state index contributed by atoms with van der Waals surface area (Å²) in [6.45, 7) is 0.715. The number of aromatic carboxylic acids is 1. The monoisotopic (exact) mass is 332 g/mol. The highest BCUT2D eigenvalue weighted by atomic mass is 79.9. The highest BCUT2D eigenvalue weighted by molar-refractivity contribution is 9.10. The van der Waals surface area contributed by atoms with E-state index in [4.69, 9.17) is 4.74 Å². The van der Waals surface area contributed by atoms with Crippen LogP contribution >= 0.6 is 15.9 Å². The minimum Gasteiger partial charge on any atom is -0.493 e. The molecule has 0 aromatic heterocycles. The molecule has 0 saturated carbocycles. The van der Waals surface area contributed by atoms with E-state index < -0.39 is 5.97 Å². The number of hydrogen-bond donors (Lipinski definition) is 1. The first kappa shape index (κ1) is 13.2. The predicted molar refractivity (Wildman–Crippen MR) is 80.4 cm³/mol. The average Bonchev–Trinajstić information content (AvgIpc) is 2.47. The maximum Gasteiger partial charge on any atom is 0.336 e. The van der Waals surface area contributed by atoms with Gasteiger partial charge >= 0.3 is 5.97 Å². The zero-order chi connectivity index (χ0) is 14.1. The van der Waals surface area contributed by atoms with Gasteiger partial charge in [-0.1, -0.05) is 24.3 Å². The molecule has 0 fully saturated rings. The van der Waals surface area contributed by atoms with Gasteiger partial charge in [0.25, 0.3) is 0 Å². The van der Waals surface area contributed by atoms with Crippen molar-refractivity contribution in [2.24, 2.45) is 0 Å². The summed E-state index contributed by atoms with van der Waals surface area (Å²) in [6.07, 6.45) is 2.03. The van der Waals surface area contributed by atoms with Gasteiger partial charge in [-0.15, -0.1) is 0 Å². The molecule has 0 amide bonds. The first-order valence-electron chi connectivity index (χ1n) is 6.45. The second-order valence-corrected chi connectivity index (χ2v) is 5.60. The first-order valence-corrected chi connectivity index (χ1v) is 7.24. The van der Waals surface area contributed by atoms with E-state index in [9.17, 15) is 9.90 Å². The zero-order valence-corrected chi connectivity index (χ0v) is 12.3. The lowest BCUT2D eigenvalue weighted by Gasteiger charge is -2.20. The zero-order valence-electron chi connectivity index (χ0n) is 10.7. The van der Waals surface area contributed by atoms with Crippen LogP contribution in [0, 0.1) is 0 Å². The number of ether oxygens (including phenoxy) is 1. The molecule has 0 radical (unpaired) electrons. The number of aryl methyl sites for hydroxylation is 1. The van der Waals surface area contributed by atoms with E-state index in [0.29, 0.717) is 11.1 Å². The quantitative estimate of drug-likeness (QED) is 0.898. The van der Waals surface area contributed by atoms with E-state index >= 15 is 0 Å². The molecule has 0 spiro atoms. The Morgan fingerprint density at radius 1 is 1.25 bits per heavy atom. The number of carbonyl (C=O) groups is 1. The number of benzene rings is 2. The largest absolute Gasteiger partial charge is 0.493 e. The Bertz CT molecular complexity index is 679. The van der Waals surface area contributed by atoms with E-state index in [1.807, 2.05) is 18.2 Å². The van der Waals surface area contributed by atoms with Crippen LogP contribution in [-0.2, 0) is 6.42 Å². The normalized spacial score (nSPS) is 13.4. The maximum absolute atomic E-state index is 11.2. The molecule has 2 aromatic carbocycles. The fraction of sp³-hybridized carbons (Fsp3) is 0.188. The van der Waals surface area contributed by atoms with Crippen molar-refractivity contribution in [2.75, 3.05) is 6.61 Å². The molecule has 0 aliphatic carbocycles. The third-order valence-electron chi connectivity index (χ3n) is 3.44. The van der Waals surface area contributed by atoms with Gasteiger partial charge in [0, 0.05) is 10.0 Å². The molecular formula is C16H13BrO3. The van der Waals surface area contributed by atoms with Crippen molar-refractivity contribution in [3.05, 3.63) is 52.0 Å². The number of carboxylic acids is 1. The van der Waals surface area contributed by atoms with Crippen LogP contribution < -0.4 is 4.74 Å². The van der Waals surface area contributed by atoms with E-state index in [-0.39, 0.29) is 5.56 Å². The van der Waals surface area contributed by atoms with Crippen molar-refractivity contribution in [3.63, 3.8) is 0 Å². The van der Waals surface area contributed by atoms with Crippen LogP contribution in [0.25, 0.3) is 11.1 Å². The summed E-state index contributed by atoms with van der Waals surface area (Å²) in [7, 11) is 0. The molecule has 0 saturated heterocycles. The molecule has 20 heavy (non-hydrogen) atoms. The molecule has 1 aliphatic heterocycles. The fourth-order valence-electron chi connectivity index (χ4n) is 2.47. The summed E-state index contributed by atoms with van der Waals surface area (Å²) in [6, 6.07) is 11.4. The van der Waals surface area contributed by atoms with Gasteiger partial charge in [0.1, 0.15) is 5.75 Å². The van der Waals surface area contributed by atoms with Crippen molar-refractivity contribution in [2.45, 2.75) is 12.8 Å². The smallest absolute Gasteiger partial charge is 0.336 e. The standard InChI is InChI=1S/C16H13BrO3/c17-14-7-6-11(9-13(14)16(18)19)12-5-1-3-10-4-2-8-20-15(10)12/h1,3,5-7,9H,2,4,8H2,(H,18,19). The van der Waals surface area contributed by atoms with Gasteiger partial charge in [-0.05, 0) is 52.0 Å². The number of hydrogen-bond acceptors (Lipinski definition) is 2. The molecule has 1 heterocycles. The van der Waals surface area contributed by atoms with Crippen LogP contribution in [0.4, 0.5) is 0 Å². The molecule has 2 aromatic rings. The lowest BCUT2D eigenvalue weighted by molar-refractivity contribution is 0.0696. The predicted octanol–water partition coefficient (Wildman–Crippen LogP) is 4.14. The summed E-state index contributed by atoms with van der Waals surface area (Å²) in [5.74, 6) is -0.0538. The summed E-state index contributed by atoms with van der Waals surface area (Å²) >= 11 is 3.27. The molecule has 0 bridgehead atoms. The Balaban J connectivity index is 2.14. The van der Waals surface area contributed by atoms with Gasteiger partial charge in [0.05, 0.1) is 12.2 Å². The Morgan fingerprint density at radius 2 is 2.10 bits per heavy atom. The maximum atomic E-state index is 11.2. The summed E-state index contributed by atoms with van der Waals surface area (Å²) < 4.78 is 6.36. The Kier molecular flexibility index (Phi) is 3.49. The van der Waals surface area contributed by atoms with Gasteiger partial charge in [0.2, 0.25) is 0 Å². The van der Waals surface area contributed by atoms with Crippen LogP contribution in [0.15, 0.2) is 40.9 Å². The van der Waals surface area contributed by atoms with Gasteiger partial charge in [-0.3, -0.25) is 0 Å². The SMILES string of the molecule is O=C(O)c1cc(-c2cccc3c2OCCC3)ccc1Br. The molecule has 4 heteroatoms. The van der Waals surface area contributed by atoms with Crippen LogP contribution in [0.2, 0.25) is 0 Å². The van der Waals surface area contributed by atoms with E-state index in [1.54, 1.807) is 12.1 Å². The van der Waals surface area contributed by atoms with E-state index in [2.05, 4.69) is 22.0 Å². The van der Waals surface area contributed by atoms with E-state index in [1.165, 1.54) is 5.56 Å². The first-order chi connectivity index (χ1) is 9.66. The van der Waals surface area contributed by atoms with E-state index in [0.717, 1.165) is 29.7 Å². The third kappa shape index (κ3) is 2.31. The van der Waals surface area contributed by atoms with Crippen LogP contribution in [-0.4, -0.2) is 17.7 Å². The molecule has 0 atom stereocenters. The molecule has 0 unspecified atom stereocenters. The number of halogens is 1. The molecule has 3 nitrogen and oxygen atoms in total. The molecule has 3 rings (SSSR count). The average molecular weight is 333 g/mol. The van der Waals surface area contributed by atoms with Crippen LogP contribution in [0.3, 0.4) is 0 Å². The highest BCUT2D eigenvalue weighted by Gasteiger charge is 2.17. The molecular weight excluding hydrogens is 320 g/mol. The fourth-order valence-corrected chi connectivity index (χ4v) is 2.89. The van der Waals surface area contributed by atoms with Crippen molar-refractivity contribution in [1.82, 2.24) is 0 Å². The number of rotatable bonds is 2. The number of carboxylic acid groups (broad SMARTS) is 1. The number of para-hydroxylation sites is 1. The van der Waals surface area contributed by atoms with Crippen molar-refractivity contribution < 1.29 is 14.6 Å². The summed E-state index contributed by atoms with van der Waals surface area (Å²) in [4.78, 5) is 11.2. The van der Waals surface area contributed by atoms with Crippen molar-refractivity contribution >= 4 is 21.9 Å². The Hall–Kier alpha value is -1.81. The highest BCUT2D eigenvalue weighted by Crippen LogP contribution is 2.37. The lowest BCUT2D eigenvalue weighted by Crippen LogP contribution is -2.09. The Morgan fingerprint density at radius 3 is 2.90 bits per heavy atom. The minimum atomic E-state index is -0.940. The molecule has 102 valence electrons. The molecule has 1 N–H and O–H groups in total.